The summed E-state index contributed by atoms with van der Waals surface area (Å²) in [5, 5.41) is 48.0. The molecule has 41 heavy (non-hydrogen) atoms. The van der Waals surface area contributed by atoms with Crippen LogP contribution in [0, 0.1) is 11.5 Å². The molecular weight excluding hydrogens is 647 g/mol. The van der Waals surface area contributed by atoms with E-state index in [0.717, 1.165) is 11.4 Å². The quantitative estimate of drug-likeness (QED) is 0.0573. The van der Waals surface area contributed by atoms with Crippen LogP contribution in [0.2, 0.25) is 46.9 Å². The molecule has 0 bridgehead atoms. The van der Waals surface area contributed by atoms with Crippen LogP contribution in [0.3, 0.4) is 0 Å². The minimum Gasteiger partial charge on any atom is -0.433 e. The fourth-order valence-corrected chi connectivity index (χ4v) is 3.42. The highest BCUT2D eigenvalue weighted by molar-refractivity contribution is 14.1. The Labute approximate surface area is 263 Å². The van der Waals surface area contributed by atoms with E-state index < -0.39 is 36.3 Å². The molecule has 0 aliphatic rings. The first-order chi connectivity index (χ1) is 19.2. The SMILES string of the molecule is CB(O)N=C(NB(C)O)Nc1ccccc1.CB(O)N=C(NB(C)O)Nc1ccccc1.CC#C[Si](C)(C)C.CI. The first-order valence-electron chi connectivity index (χ1n) is 13.1. The monoisotopic (exact) mass is 692 g/mol. The average Bonchev–Trinajstić information content (AvgIpc) is 2.85. The highest BCUT2D eigenvalue weighted by atomic mass is 127. The van der Waals surface area contributed by atoms with E-state index in [0.29, 0.717) is 11.9 Å². The summed E-state index contributed by atoms with van der Waals surface area (Å²) in [6.07, 6.45) is 0. The van der Waals surface area contributed by atoms with Crippen molar-refractivity contribution < 1.29 is 20.1 Å². The molecule has 0 spiro atoms. The molecule has 10 nitrogen and oxygen atoms in total. The lowest BCUT2D eigenvalue weighted by Gasteiger charge is -2.13. The summed E-state index contributed by atoms with van der Waals surface area (Å²) >= 11 is 2.15. The van der Waals surface area contributed by atoms with Crippen molar-refractivity contribution >= 4 is 82.2 Å². The summed E-state index contributed by atoms with van der Waals surface area (Å²) in [4.78, 5) is 9.77. The summed E-state index contributed by atoms with van der Waals surface area (Å²) in [5.41, 5.74) is 4.83. The summed E-state index contributed by atoms with van der Waals surface area (Å²) in [6.45, 7) is 14.8. The lowest BCUT2D eigenvalue weighted by atomic mass is 9.88. The number of halogens is 1. The van der Waals surface area contributed by atoms with Gasteiger partial charge in [0.1, 0.15) is 8.07 Å². The maximum absolute atomic E-state index is 9.20. The van der Waals surface area contributed by atoms with Crippen molar-refractivity contribution in [3.8, 4) is 11.5 Å². The molecule has 0 heterocycles. The summed E-state index contributed by atoms with van der Waals surface area (Å²) < 4.78 is 0. The molecule has 0 aliphatic heterocycles. The van der Waals surface area contributed by atoms with E-state index in [4.69, 9.17) is 10.0 Å². The molecule has 0 aliphatic carbocycles. The topological polar surface area (TPSA) is 154 Å². The van der Waals surface area contributed by atoms with Crippen LogP contribution in [0.4, 0.5) is 11.4 Å². The molecule has 16 heteroatoms. The zero-order valence-corrected chi connectivity index (χ0v) is 28.8. The first kappa shape index (κ1) is 40.7. The first-order valence-corrected chi connectivity index (χ1v) is 18.7. The van der Waals surface area contributed by atoms with Gasteiger partial charge in [0.15, 0.2) is 11.9 Å². The van der Waals surface area contributed by atoms with E-state index in [9.17, 15) is 10.0 Å². The van der Waals surface area contributed by atoms with Gasteiger partial charge in [0.25, 0.3) is 0 Å². The average molecular weight is 692 g/mol. The van der Waals surface area contributed by atoms with E-state index >= 15 is 0 Å². The molecule has 0 saturated heterocycles. The molecule has 2 aromatic rings. The van der Waals surface area contributed by atoms with Gasteiger partial charge in [0.2, 0.25) is 0 Å². The summed E-state index contributed by atoms with van der Waals surface area (Å²) in [7, 11) is -4.17. The smallest absolute Gasteiger partial charge is 0.431 e. The van der Waals surface area contributed by atoms with Crippen molar-refractivity contribution in [1.29, 1.82) is 0 Å². The van der Waals surface area contributed by atoms with E-state index in [1.165, 1.54) is 13.6 Å². The number of rotatable bonds is 6. The fraction of sp³-hybridized carbons (Fsp3) is 0.360. The third-order valence-corrected chi connectivity index (χ3v) is 4.90. The van der Waals surface area contributed by atoms with Gasteiger partial charge in [0.05, 0.1) is 0 Å². The van der Waals surface area contributed by atoms with Crippen molar-refractivity contribution in [2.75, 3.05) is 15.6 Å². The maximum atomic E-state index is 9.20. The van der Waals surface area contributed by atoms with Crippen molar-refractivity contribution in [2.45, 2.75) is 53.9 Å². The number of nitrogens with zero attached hydrogens (tertiary/aromatic N) is 2. The highest BCUT2D eigenvalue weighted by Crippen LogP contribution is 2.05. The number of nitrogens with one attached hydrogen (secondary N) is 4. The van der Waals surface area contributed by atoms with Gasteiger partial charge in [-0.2, -0.15) is 0 Å². The molecule has 0 fully saturated rings. The number of alkyl halides is 1. The molecular formula is C25H45B4IN6O4Si. The van der Waals surface area contributed by atoms with Crippen LogP contribution in [0.15, 0.2) is 70.5 Å². The largest absolute Gasteiger partial charge is 0.433 e. The van der Waals surface area contributed by atoms with Gasteiger partial charge in [-0.05, 0) is 63.4 Å². The van der Waals surface area contributed by atoms with Crippen molar-refractivity contribution in [3.63, 3.8) is 0 Å². The molecule has 0 atom stereocenters. The van der Waals surface area contributed by atoms with Crippen LogP contribution in [0.5, 0.6) is 0 Å². The van der Waals surface area contributed by atoms with Gasteiger partial charge in [-0.15, -0.1) is 11.5 Å². The standard InChI is InChI=1S/2C9H15B2N3O2.C6H12Si.CH3I/c2*1-10(15)13-9(14-11(2)16)12-8-6-4-3-5-7-8;1-5-6-7(2,3)4;1-2/h2*3-7,15-16H,1-2H3,(H2,12,13,14);1-4H3;1H3. The Hall–Kier alpha value is -2.41. The molecule has 8 N–H and O–H groups in total. The summed E-state index contributed by atoms with van der Waals surface area (Å²) in [5.74, 6) is 3.58. The van der Waals surface area contributed by atoms with Crippen LogP contribution in [-0.4, -0.2) is 73.2 Å². The lowest BCUT2D eigenvalue weighted by Crippen LogP contribution is -2.41. The Morgan fingerprint density at radius 2 is 1.00 bits per heavy atom. The normalized spacial score (nSPS) is 10.3. The maximum Gasteiger partial charge on any atom is 0.431 e. The van der Waals surface area contributed by atoms with Gasteiger partial charge in [0, 0.05) is 11.4 Å². The molecule has 0 amide bonds. The molecule has 2 aromatic carbocycles. The molecule has 2 rings (SSSR count). The van der Waals surface area contributed by atoms with Crippen LogP contribution in [-0.2, 0) is 0 Å². The zero-order chi connectivity index (χ0) is 31.8. The minimum atomic E-state index is -1.02. The van der Waals surface area contributed by atoms with Gasteiger partial charge in [-0.3, -0.25) is 9.81 Å². The van der Waals surface area contributed by atoms with E-state index in [1.807, 2.05) is 72.5 Å². The molecule has 222 valence electrons. The number of anilines is 2. The predicted molar refractivity (Wildman–Crippen MR) is 193 cm³/mol. The van der Waals surface area contributed by atoms with Crippen molar-refractivity contribution in [3.05, 3.63) is 60.7 Å². The highest BCUT2D eigenvalue weighted by Gasteiger charge is 2.11. The zero-order valence-electron chi connectivity index (χ0n) is 25.6. The van der Waals surface area contributed by atoms with Gasteiger partial charge >= 0.3 is 28.2 Å². The van der Waals surface area contributed by atoms with Crippen molar-refractivity contribution in [2.24, 2.45) is 9.81 Å². The van der Waals surface area contributed by atoms with Crippen LogP contribution < -0.4 is 21.1 Å². The number of guanidine groups is 2. The number of para-hydroxylation sites is 2. The number of benzene rings is 2. The molecule has 0 aromatic heterocycles. The third-order valence-electron chi connectivity index (χ3n) is 3.90. The number of hydrogen-bond acceptors (Lipinski definition) is 6. The van der Waals surface area contributed by atoms with E-state index in [-0.39, 0.29) is 0 Å². The van der Waals surface area contributed by atoms with Crippen LogP contribution in [0.25, 0.3) is 0 Å². The predicted octanol–water partition coefficient (Wildman–Crippen LogP) is 3.47. The Morgan fingerprint density at radius 1 is 0.683 bits per heavy atom. The second-order valence-corrected chi connectivity index (χ2v) is 14.2. The second-order valence-electron chi connectivity index (χ2n) is 9.47. The van der Waals surface area contributed by atoms with E-state index in [2.05, 4.69) is 84.6 Å². The second kappa shape index (κ2) is 24.2. The molecule has 0 saturated carbocycles. The Kier molecular flexibility index (Phi) is 24.0. The van der Waals surface area contributed by atoms with E-state index in [1.54, 1.807) is 13.6 Å². The van der Waals surface area contributed by atoms with Crippen LogP contribution in [0.1, 0.15) is 6.92 Å². The summed E-state index contributed by atoms with van der Waals surface area (Å²) in [6, 6.07) is 18.8. The minimum absolute atomic E-state index is 0.330. The number of hydrogen-bond donors (Lipinski definition) is 8. The molecule has 0 unspecified atom stereocenters. The van der Waals surface area contributed by atoms with Gasteiger partial charge in [-0.1, -0.05) is 78.6 Å². The van der Waals surface area contributed by atoms with Crippen molar-refractivity contribution in [1.82, 2.24) is 10.5 Å². The van der Waals surface area contributed by atoms with Gasteiger partial charge < -0.3 is 41.2 Å². The van der Waals surface area contributed by atoms with Crippen LogP contribution >= 0.6 is 22.6 Å². The lowest BCUT2D eigenvalue weighted by molar-refractivity contribution is 0.569. The molecule has 0 radical (unpaired) electrons. The Balaban J connectivity index is 0. The Morgan fingerprint density at radius 3 is 1.20 bits per heavy atom. The van der Waals surface area contributed by atoms with Gasteiger partial charge in [-0.25, -0.2) is 0 Å². The third kappa shape index (κ3) is 27.5. The Bertz CT molecular complexity index is 983. The fourth-order valence-electron chi connectivity index (χ4n) is 2.67.